The van der Waals surface area contributed by atoms with Crippen LogP contribution in [0.25, 0.3) is 0 Å². The Morgan fingerprint density at radius 1 is 1.50 bits per heavy atom. The predicted molar refractivity (Wildman–Crippen MR) is 85.8 cm³/mol. The molecule has 114 valence electrons. The van der Waals surface area contributed by atoms with Gasteiger partial charge in [0.05, 0.1) is 18.4 Å². The van der Waals surface area contributed by atoms with Gasteiger partial charge in [0.25, 0.3) is 0 Å². The smallest absolute Gasteiger partial charge is 0.224 e. The van der Waals surface area contributed by atoms with Crippen molar-refractivity contribution >= 4 is 18.5 Å². The summed E-state index contributed by atoms with van der Waals surface area (Å²) in [6, 6.07) is 0. The van der Waals surface area contributed by atoms with Crippen LogP contribution in [-0.2, 0) is 17.8 Å². The van der Waals surface area contributed by atoms with Gasteiger partial charge in [0.15, 0.2) is 0 Å². The first-order valence-electron chi connectivity index (χ1n) is 7.48. The molecule has 0 saturated carbocycles. The number of hydrogen-bond donors (Lipinski definition) is 3. The third-order valence-electron chi connectivity index (χ3n) is 3.25. The van der Waals surface area contributed by atoms with Crippen LogP contribution in [-0.4, -0.2) is 21.6 Å². The van der Waals surface area contributed by atoms with E-state index in [2.05, 4.69) is 48.7 Å². The van der Waals surface area contributed by atoms with Gasteiger partial charge in [0.1, 0.15) is 5.82 Å². The summed E-state index contributed by atoms with van der Waals surface area (Å²) < 4.78 is 0. The van der Waals surface area contributed by atoms with Crippen molar-refractivity contribution in [3.63, 3.8) is 0 Å². The first-order valence-corrected chi connectivity index (χ1v) is 8.11. The topological polar surface area (TPSA) is 57.8 Å². The molecule has 0 unspecified atom stereocenters. The van der Waals surface area contributed by atoms with Crippen LogP contribution < -0.4 is 5.32 Å². The van der Waals surface area contributed by atoms with Crippen LogP contribution in [0.4, 0.5) is 0 Å². The lowest BCUT2D eigenvalue weighted by molar-refractivity contribution is -0.124. The lowest BCUT2D eigenvalue weighted by atomic mass is 9.98. The zero-order chi connectivity index (χ0) is 15.0. The fourth-order valence-corrected chi connectivity index (χ4v) is 2.44. The van der Waals surface area contributed by atoms with Crippen LogP contribution in [0.1, 0.15) is 51.6 Å². The molecule has 0 bridgehead atoms. The number of nitrogens with one attached hydrogen (secondary N) is 2. The number of rotatable bonds is 9. The molecule has 0 aliphatic heterocycles. The third-order valence-corrected chi connectivity index (χ3v) is 3.69. The molecule has 1 amide bonds. The second-order valence-electron chi connectivity index (χ2n) is 5.69. The van der Waals surface area contributed by atoms with Crippen LogP contribution >= 0.6 is 12.6 Å². The minimum atomic E-state index is -0.0131. The monoisotopic (exact) mass is 297 g/mol. The molecule has 0 fully saturated rings. The Morgan fingerprint density at radius 3 is 2.85 bits per heavy atom. The lowest BCUT2D eigenvalue weighted by Crippen LogP contribution is -2.32. The number of amides is 1. The standard InChI is InChI=1S/C15H27N3OS/c1-4-5-6-14-16-8-13(18-14)9-17-15(19)12(10-20)7-11(2)3/h8,11-12,20H,4-7,9-10H2,1-3H3,(H,16,18)(H,17,19)/t12-/m1/s1. The summed E-state index contributed by atoms with van der Waals surface area (Å²) in [5.74, 6) is 2.17. The van der Waals surface area contributed by atoms with Crippen molar-refractivity contribution in [1.29, 1.82) is 0 Å². The van der Waals surface area contributed by atoms with Crippen molar-refractivity contribution in [2.45, 2.75) is 53.0 Å². The number of H-pyrrole nitrogens is 1. The van der Waals surface area contributed by atoms with Crippen LogP contribution in [0.15, 0.2) is 6.20 Å². The maximum atomic E-state index is 12.1. The van der Waals surface area contributed by atoms with Crippen molar-refractivity contribution < 1.29 is 4.79 Å². The molecule has 1 atom stereocenters. The number of aromatic amines is 1. The van der Waals surface area contributed by atoms with Crippen molar-refractivity contribution in [3.05, 3.63) is 17.7 Å². The summed E-state index contributed by atoms with van der Waals surface area (Å²) in [4.78, 5) is 19.6. The van der Waals surface area contributed by atoms with Gasteiger partial charge in [-0.05, 0) is 18.8 Å². The van der Waals surface area contributed by atoms with Gasteiger partial charge in [-0.2, -0.15) is 12.6 Å². The average Bonchev–Trinajstić information content (AvgIpc) is 2.87. The Labute approximate surface area is 127 Å². The first kappa shape index (κ1) is 17.1. The van der Waals surface area contributed by atoms with E-state index in [-0.39, 0.29) is 11.8 Å². The normalized spacial score (nSPS) is 12.7. The van der Waals surface area contributed by atoms with E-state index in [9.17, 15) is 4.79 Å². The van der Waals surface area contributed by atoms with Gasteiger partial charge >= 0.3 is 0 Å². The number of imidazole rings is 1. The van der Waals surface area contributed by atoms with Gasteiger partial charge in [-0.1, -0.05) is 27.2 Å². The summed E-state index contributed by atoms with van der Waals surface area (Å²) >= 11 is 4.27. The van der Waals surface area contributed by atoms with Crippen molar-refractivity contribution in [2.75, 3.05) is 5.75 Å². The highest BCUT2D eigenvalue weighted by Gasteiger charge is 2.18. The number of unbranched alkanes of at least 4 members (excludes halogenated alkanes) is 1. The van der Waals surface area contributed by atoms with Gasteiger partial charge in [-0.3, -0.25) is 4.79 Å². The van der Waals surface area contributed by atoms with E-state index in [0.29, 0.717) is 18.2 Å². The number of carbonyl (C=O) groups excluding carboxylic acids is 1. The summed E-state index contributed by atoms with van der Waals surface area (Å²) in [5, 5.41) is 2.97. The van der Waals surface area contributed by atoms with Crippen LogP contribution in [0.5, 0.6) is 0 Å². The van der Waals surface area contributed by atoms with E-state index in [0.717, 1.165) is 37.2 Å². The fourth-order valence-electron chi connectivity index (χ4n) is 2.13. The van der Waals surface area contributed by atoms with Crippen molar-refractivity contribution in [1.82, 2.24) is 15.3 Å². The second kappa shape index (κ2) is 9.06. The summed E-state index contributed by atoms with van der Waals surface area (Å²) in [7, 11) is 0. The highest BCUT2D eigenvalue weighted by atomic mass is 32.1. The highest BCUT2D eigenvalue weighted by Crippen LogP contribution is 2.13. The highest BCUT2D eigenvalue weighted by molar-refractivity contribution is 7.80. The molecule has 4 nitrogen and oxygen atoms in total. The zero-order valence-electron chi connectivity index (χ0n) is 12.8. The Morgan fingerprint density at radius 2 is 2.25 bits per heavy atom. The van der Waals surface area contributed by atoms with Crippen LogP contribution in [0.2, 0.25) is 0 Å². The van der Waals surface area contributed by atoms with Gasteiger partial charge in [-0.25, -0.2) is 4.98 Å². The summed E-state index contributed by atoms with van der Waals surface area (Å²) in [6.45, 7) is 6.92. The van der Waals surface area contributed by atoms with E-state index in [4.69, 9.17) is 0 Å². The molecule has 1 aromatic rings. The maximum absolute atomic E-state index is 12.1. The van der Waals surface area contributed by atoms with Gasteiger partial charge < -0.3 is 10.3 Å². The molecule has 2 N–H and O–H groups in total. The Balaban J connectivity index is 2.41. The number of nitrogens with zero attached hydrogens (tertiary/aromatic N) is 1. The number of carbonyl (C=O) groups is 1. The van der Waals surface area contributed by atoms with Gasteiger partial charge in [0, 0.05) is 18.1 Å². The molecule has 1 heterocycles. The van der Waals surface area contributed by atoms with Crippen LogP contribution in [0, 0.1) is 11.8 Å². The van der Waals surface area contributed by atoms with E-state index in [1.54, 1.807) is 0 Å². The number of aromatic nitrogens is 2. The first-order chi connectivity index (χ1) is 9.56. The van der Waals surface area contributed by atoms with E-state index in [1.165, 1.54) is 0 Å². The zero-order valence-corrected chi connectivity index (χ0v) is 13.7. The van der Waals surface area contributed by atoms with E-state index >= 15 is 0 Å². The van der Waals surface area contributed by atoms with Gasteiger partial charge in [0.2, 0.25) is 5.91 Å². The molecule has 20 heavy (non-hydrogen) atoms. The molecule has 0 aliphatic rings. The SMILES string of the molecule is CCCCc1ncc(CNC(=O)[C@@H](CS)CC(C)C)[nH]1. The molecule has 0 aliphatic carbocycles. The second-order valence-corrected chi connectivity index (χ2v) is 6.05. The Bertz CT molecular complexity index is 404. The minimum Gasteiger partial charge on any atom is -0.350 e. The van der Waals surface area contributed by atoms with Crippen LogP contribution in [0.3, 0.4) is 0 Å². The molecule has 1 rings (SSSR count). The third kappa shape index (κ3) is 5.99. The fraction of sp³-hybridized carbons (Fsp3) is 0.733. The Hall–Kier alpha value is -0.970. The van der Waals surface area contributed by atoms with Crippen molar-refractivity contribution in [3.8, 4) is 0 Å². The molecule has 0 aromatic carbocycles. The minimum absolute atomic E-state index is 0.0131. The molecule has 5 heteroatoms. The molecule has 0 saturated heterocycles. The largest absolute Gasteiger partial charge is 0.350 e. The molecule has 0 radical (unpaired) electrons. The van der Waals surface area contributed by atoms with E-state index < -0.39 is 0 Å². The molecule has 1 aromatic heterocycles. The predicted octanol–water partition coefficient (Wildman–Crippen LogP) is 2.96. The number of thiol groups is 1. The molecular weight excluding hydrogens is 270 g/mol. The number of aryl methyl sites for hydroxylation is 1. The summed E-state index contributed by atoms with van der Waals surface area (Å²) in [5.41, 5.74) is 0.965. The average molecular weight is 297 g/mol. The molecule has 0 spiro atoms. The lowest BCUT2D eigenvalue weighted by Gasteiger charge is -2.16. The van der Waals surface area contributed by atoms with Gasteiger partial charge in [-0.15, -0.1) is 0 Å². The Kier molecular flexibility index (Phi) is 7.73. The quantitative estimate of drug-likeness (QED) is 0.614. The number of hydrogen-bond acceptors (Lipinski definition) is 3. The maximum Gasteiger partial charge on any atom is 0.224 e. The molecular formula is C15H27N3OS. The summed E-state index contributed by atoms with van der Waals surface area (Å²) in [6.07, 6.45) is 5.95. The van der Waals surface area contributed by atoms with E-state index in [1.807, 2.05) is 6.20 Å². The van der Waals surface area contributed by atoms with Crippen molar-refractivity contribution in [2.24, 2.45) is 11.8 Å².